The first-order valence-corrected chi connectivity index (χ1v) is 10.5. The van der Waals surface area contributed by atoms with E-state index < -0.39 is 10.0 Å². The average molecular weight is 391 g/mol. The van der Waals surface area contributed by atoms with Gasteiger partial charge in [-0.05, 0) is 36.4 Å². The molecule has 26 heavy (non-hydrogen) atoms. The molecule has 0 bridgehead atoms. The number of rotatable bonds is 4. The number of amides is 1. The molecule has 136 valence electrons. The zero-order valence-corrected chi connectivity index (χ0v) is 15.4. The Morgan fingerprint density at radius 1 is 1.23 bits per heavy atom. The Labute approximate surface area is 154 Å². The number of likely N-dealkylation sites (tertiary alicyclic amines) is 1. The van der Waals surface area contributed by atoms with Gasteiger partial charge in [0.25, 0.3) is 5.91 Å². The van der Waals surface area contributed by atoms with E-state index in [4.69, 9.17) is 0 Å². The summed E-state index contributed by atoms with van der Waals surface area (Å²) in [4.78, 5) is 14.4. The summed E-state index contributed by atoms with van der Waals surface area (Å²) >= 11 is 1.20. The van der Waals surface area contributed by atoms with Gasteiger partial charge < -0.3 is 4.90 Å². The second-order valence-electron chi connectivity index (χ2n) is 6.13. The van der Waals surface area contributed by atoms with E-state index >= 15 is 0 Å². The number of nitrogens with one attached hydrogen (secondary N) is 1. The van der Waals surface area contributed by atoms with Crippen molar-refractivity contribution in [3.63, 3.8) is 0 Å². The highest BCUT2D eigenvalue weighted by molar-refractivity contribution is 7.91. The molecular formula is C16H17N5O3S2. The van der Waals surface area contributed by atoms with Gasteiger partial charge >= 0.3 is 0 Å². The SMILES string of the molecule is O=C(c1ccc2nncn2c1)N1CCC(NS(=O)(=O)c2cccs2)CC1. The Bertz CT molecular complexity index is 1020. The molecule has 1 aliphatic rings. The summed E-state index contributed by atoms with van der Waals surface area (Å²) in [5, 5.41) is 9.46. The maximum absolute atomic E-state index is 12.7. The molecule has 1 amide bonds. The van der Waals surface area contributed by atoms with Crippen LogP contribution in [-0.4, -0.2) is 53.0 Å². The Kier molecular flexibility index (Phi) is 4.47. The fraction of sp³-hybridized carbons (Fsp3) is 0.312. The third-order valence-corrected chi connectivity index (χ3v) is 7.32. The lowest BCUT2D eigenvalue weighted by molar-refractivity contribution is 0.0711. The minimum atomic E-state index is -3.48. The van der Waals surface area contributed by atoms with Crippen molar-refractivity contribution in [3.05, 3.63) is 47.7 Å². The molecule has 1 saturated heterocycles. The maximum Gasteiger partial charge on any atom is 0.255 e. The molecular weight excluding hydrogens is 374 g/mol. The Morgan fingerprint density at radius 3 is 2.77 bits per heavy atom. The summed E-state index contributed by atoms with van der Waals surface area (Å²) in [5.41, 5.74) is 1.25. The van der Waals surface area contributed by atoms with Crippen LogP contribution in [0.4, 0.5) is 0 Å². The van der Waals surface area contributed by atoms with Crippen LogP contribution >= 0.6 is 11.3 Å². The summed E-state index contributed by atoms with van der Waals surface area (Å²) in [5.74, 6) is -0.0693. The van der Waals surface area contributed by atoms with E-state index in [0.29, 0.717) is 41.4 Å². The monoisotopic (exact) mass is 391 g/mol. The van der Waals surface area contributed by atoms with E-state index in [-0.39, 0.29) is 11.9 Å². The number of sulfonamides is 1. The average Bonchev–Trinajstić information content (AvgIpc) is 3.33. The van der Waals surface area contributed by atoms with Crippen LogP contribution in [-0.2, 0) is 10.0 Å². The lowest BCUT2D eigenvalue weighted by Gasteiger charge is -2.32. The molecule has 0 unspecified atom stereocenters. The number of aromatic nitrogens is 3. The summed E-state index contributed by atoms with van der Waals surface area (Å²) in [7, 11) is -3.48. The van der Waals surface area contributed by atoms with E-state index in [0.717, 1.165) is 0 Å². The van der Waals surface area contributed by atoms with Crippen LogP contribution < -0.4 is 4.72 Å². The lowest BCUT2D eigenvalue weighted by atomic mass is 10.1. The minimum Gasteiger partial charge on any atom is -0.338 e. The number of pyridine rings is 1. The normalized spacial score (nSPS) is 16.2. The van der Waals surface area contributed by atoms with Crippen LogP contribution in [0, 0.1) is 0 Å². The number of nitrogens with zero attached hydrogens (tertiary/aromatic N) is 4. The Morgan fingerprint density at radius 2 is 2.04 bits per heavy atom. The number of carbonyl (C=O) groups is 1. The fourth-order valence-corrected chi connectivity index (χ4v) is 5.35. The lowest BCUT2D eigenvalue weighted by Crippen LogP contribution is -2.46. The zero-order valence-electron chi connectivity index (χ0n) is 13.8. The van der Waals surface area contributed by atoms with Crippen molar-refractivity contribution in [2.45, 2.75) is 23.1 Å². The number of hydrogen-bond acceptors (Lipinski definition) is 6. The van der Waals surface area contributed by atoms with Gasteiger partial charge in [-0.25, -0.2) is 13.1 Å². The zero-order chi connectivity index (χ0) is 18.1. The van der Waals surface area contributed by atoms with Crippen LogP contribution in [0.15, 0.2) is 46.4 Å². The number of fused-ring (bicyclic) bond motifs is 1. The Balaban J connectivity index is 1.39. The molecule has 0 atom stereocenters. The number of piperidine rings is 1. The first kappa shape index (κ1) is 17.1. The summed E-state index contributed by atoms with van der Waals surface area (Å²) in [6.07, 6.45) is 4.44. The Hall–Kier alpha value is -2.30. The van der Waals surface area contributed by atoms with Gasteiger partial charge in [0.05, 0.1) is 5.56 Å². The van der Waals surface area contributed by atoms with E-state index in [9.17, 15) is 13.2 Å². The topological polar surface area (TPSA) is 96.7 Å². The molecule has 0 aliphatic carbocycles. The summed E-state index contributed by atoms with van der Waals surface area (Å²) in [6, 6.07) is 6.63. The van der Waals surface area contributed by atoms with E-state index in [1.165, 1.54) is 11.3 Å². The second kappa shape index (κ2) is 6.78. The minimum absolute atomic E-state index is 0.0693. The van der Waals surface area contributed by atoms with Crippen molar-refractivity contribution in [1.29, 1.82) is 0 Å². The molecule has 1 N–H and O–H groups in total. The number of hydrogen-bond donors (Lipinski definition) is 1. The fourth-order valence-electron chi connectivity index (χ4n) is 3.03. The van der Waals surface area contributed by atoms with Crippen LogP contribution in [0.3, 0.4) is 0 Å². The molecule has 3 aromatic rings. The van der Waals surface area contributed by atoms with Gasteiger partial charge in [-0.3, -0.25) is 9.20 Å². The highest BCUT2D eigenvalue weighted by atomic mass is 32.2. The molecule has 0 saturated carbocycles. The molecule has 1 fully saturated rings. The van der Waals surface area contributed by atoms with Crippen LogP contribution in [0.1, 0.15) is 23.2 Å². The first-order chi connectivity index (χ1) is 12.5. The molecule has 0 radical (unpaired) electrons. The number of thiophene rings is 1. The van der Waals surface area contributed by atoms with Gasteiger partial charge in [0.1, 0.15) is 10.5 Å². The molecule has 8 nitrogen and oxygen atoms in total. The molecule has 0 spiro atoms. The van der Waals surface area contributed by atoms with Gasteiger partial charge in [0, 0.05) is 25.3 Å². The van der Waals surface area contributed by atoms with Crippen molar-refractivity contribution in [1.82, 2.24) is 24.2 Å². The smallest absolute Gasteiger partial charge is 0.255 e. The van der Waals surface area contributed by atoms with Gasteiger partial charge in [-0.1, -0.05) is 6.07 Å². The van der Waals surface area contributed by atoms with Crippen molar-refractivity contribution >= 4 is 32.9 Å². The summed E-state index contributed by atoms with van der Waals surface area (Å²) < 4.78 is 29.4. The van der Waals surface area contributed by atoms with Gasteiger partial charge in [-0.2, -0.15) is 0 Å². The van der Waals surface area contributed by atoms with Crippen molar-refractivity contribution in [2.24, 2.45) is 0 Å². The van der Waals surface area contributed by atoms with Crippen LogP contribution in [0.2, 0.25) is 0 Å². The van der Waals surface area contributed by atoms with Gasteiger partial charge in [-0.15, -0.1) is 21.5 Å². The molecule has 0 aromatic carbocycles. The quantitative estimate of drug-likeness (QED) is 0.725. The highest BCUT2D eigenvalue weighted by Crippen LogP contribution is 2.19. The first-order valence-electron chi connectivity index (χ1n) is 8.17. The van der Waals surface area contributed by atoms with Crippen LogP contribution in [0.5, 0.6) is 0 Å². The van der Waals surface area contributed by atoms with Crippen molar-refractivity contribution in [2.75, 3.05) is 13.1 Å². The van der Waals surface area contributed by atoms with E-state index in [1.54, 1.807) is 51.5 Å². The molecule has 4 heterocycles. The van der Waals surface area contributed by atoms with Crippen LogP contribution in [0.25, 0.3) is 5.65 Å². The van der Waals surface area contributed by atoms with E-state index in [1.807, 2.05) is 0 Å². The van der Waals surface area contributed by atoms with Gasteiger partial charge in [0.2, 0.25) is 10.0 Å². The number of carbonyl (C=O) groups excluding carboxylic acids is 1. The third kappa shape index (κ3) is 3.35. The highest BCUT2D eigenvalue weighted by Gasteiger charge is 2.27. The molecule has 1 aliphatic heterocycles. The third-order valence-electron chi connectivity index (χ3n) is 4.40. The standard InChI is InChI=1S/C16H17N5O3S2/c22-16(12-3-4-14-18-17-11-21(14)10-12)20-7-5-13(6-8-20)19-26(23,24)15-2-1-9-25-15/h1-4,9-11,13,19H,5-8H2. The molecule has 3 aromatic heterocycles. The van der Waals surface area contributed by atoms with Gasteiger partial charge in [0.15, 0.2) is 5.65 Å². The molecule has 10 heteroatoms. The van der Waals surface area contributed by atoms with Crippen molar-refractivity contribution in [3.8, 4) is 0 Å². The summed E-state index contributed by atoms with van der Waals surface area (Å²) in [6.45, 7) is 1.02. The van der Waals surface area contributed by atoms with Crippen molar-refractivity contribution < 1.29 is 13.2 Å². The maximum atomic E-state index is 12.7. The second-order valence-corrected chi connectivity index (χ2v) is 9.02. The predicted octanol–water partition coefficient (Wildman–Crippen LogP) is 1.37. The predicted molar refractivity (Wildman–Crippen MR) is 96.6 cm³/mol. The largest absolute Gasteiger partial charge is 0.338 e. The van der Waals surface area contributed by atoms with E-state index in [2.05, 4.69) is 14.9 Å². The molecule has 4 rings (SSSR count).